The van der Waals surface area contributed by atoms with Crippen LogP contribution in [-0.2, 0) is 0 Å². The summed E-state index contributed by atoms with van der Waals surface area (Å²) in [5.41, 5.74) is 4.56. The molecule has 5 heteroatoms. The van der Waals surface area contributed by atoms with E-state index < -0.39 is 6.10 Å². The van der Waals surface area contributed by atoms with E-state index in [4.69, 9.17) is 4.74 Å². The van der Waals surface area contributed by atoms with Gasteiger partial charge in [-0.25, -0.2) is 4.98 Å². The Labute approximate surface area is 139 Å². The molecule has 0 amide bonds. The Morgan fingerprint density at radius 3 is 2.88 bits per heavy atom. The highest BCUT2D eigenvalue weighted by Crippen LogP contribution is 2.37. The van der Waals surface area contributed by atoms with Crippen molar-refractivity contribution in [1.29, 1.82) is 0 Å². The fraction of sp³-hybridized carbons (Fsp3) is 0.211. The van der Waals surface area contributed by atoms with Gasteiger partial charge in [-0.05, 0) is 43.7 Å². The smallest absolute Gasteiger partial charge is 0.141 e. The third kappa shape index (κ3) is 2.25. The third-order valence-corrected chi connectivity index (χ3v) is 4.28. The lowest BCUT2D eigenvalue weighted by molar-refractivity contribution is 0.205. The molecule has 1 unspecified atom stereocenters. The number of H-pyrrole nitrogens is 2. The Kier molecular flexibility index (Phi) is 3.50. The summed E-state index contributed by atoms with van der Waals surface area (Å²) in [4.78, 5) is 11.0. The van der Waals surface area contributed by atoms with E-state index in [0.29, 0.717) is 18.2 Å². The van der Waals surface area contributed by atoms with Crippen molar-refractivity contribution in [3.8, 4) is 5.75 Å². The van der Waals surface area contributed by atoms with Crippen molar-refractivity contribution >= 4 is 21.9 Å². The number of benzene rings is 2. The summed E-state index contributed by atoms with van der Waals surface area (Å²) in [6, 6.07) is 11.7. The molecule has 0 aliphatic heterocycles. The molecule has 5 nitrogen and oxygen atoms in total. The number of aliphatic hydroxyl groups excluding tert-OH is 1. The quantitative estimate of drug-likeness (QED) is 0.535. The number of hydrogen-bond donors (Lipinski definition) is 3. The van der Waals surface area contributed by atoms with Gasteiger partial charge in [-0.1, -0.05) is 12.1 Å². The number of aromatic amines is 2. The van der Waals surface area contributed by atoms with Crippen LogP contribution in [0, 0.1) is 6.92 Å². The van der Waals surface area contributed by atoms with Crippen LogP contribution in [0.4, 0.5) is 0 Å². The van der Waals surface area contributed by atoms with Crippen LogP contribution in [0.1, 0.15) is 30.0 Å². The van der Waals surface area contributed by atoms with Crippen molar-refractivity contribution in [3.05, 3.63) is 59.5 Å². The lowest BCUT2D eigenvalue weighted by atomic mass is 10.00. The number of aliphatic hydroxyl groups is 1. The SMILES string of the molecule is CCOc1cc(C)c2[nH]ccc2c1C(O)c1nc2ccccc2[nH]1. The van der Waals surface area contributed by atoms with Crippen LogP contribution in [0.2, 0.25) is 0 Å². The Balaban J connectivity index is 1.91. The summed E-state index contributed by atoms with van der Waals surface area (Å²) >= 11 is 0. The maximum Gasteiger partial charge on any atom is 0.141 e. The Bertz CT molecular complexity index is 983. The second kappa shape index (κ2) is 5.69. The molecular weight excluding hydrogens is 302 g/mol. The van der Waals surface area contributed by atoms with E-state index in [0.717, 1.165) is 33.1 Å². The van der Waals surface area contributed by atoms with Crippen LogP contribution < -0.4 is 4.74 Å². The molecule has 3 N–H and O–H groups in total. The van der Waals surface area contributed by atoms with Crippen LogP contribution in [-0.4, -0.2) is 26.7 Å². The van der Waals surface area contributed by atoms with Crippen LogP contribution in [0.5, 0.6) is 5.75 Å². The minimum absolute atomic E-state index is 0.517. The lowest BCUT2D eigenvalue weighted by Gasteiger charge is -2.17. The summed E-state index contributed by atoms with van der Waals surface area (Å²) in [6.07, 6.45) is 0.986. The zero-order valence-electron chi connectivity index (χ0n) is 13.6. The number of aryl methyl sites for hydroxylation is 1. The molecular formula is C19H19N3O2. The minimum Gasteiger partial charge on any atom is -0.493 e. The van der Waals surface area contributed by atoms with E-state index in [-0.39, 0.29) is 0 Å². The Hall–Kier alpha value is -2.79. The summed E-state index contributed by atoms with van der Waals surface area (Å²) < 4.78 is 5.80. The largest absolute Gasteiger partial charge is 0.493 e. The van der Waals surface area contributed by atoms with Crippen molar-refractivity contribution in [1.82, 2.24) is 15.0 Å². The van der Waals surface area contributed by atoms with E-state index in [1.807, 2.05) is 56.4 Å². The molecule has 0 spiro atoms. The zero-order valence-corrected chi connectivity index (χ0v) is 13.6. The van der Waals surface area contributed by atoms with Crippen molar-refractivity contribution in [2.45, 2.75) is 20.0 Å². The van der Waals surface area contributed by atoms with Gasteiger partial charge in [0.25, 0.3) is 0 Å². The highest BCUT2D eigenvalue weighted by molar-refractivity contribution is 5.89. The van der Waals surface area contributed by atoms with Gasteiger partial charge in [0.2, 0.25) is 0 Å². The van der Waals surface area contributed by atoms with Gasteiger partial charge in [-0.2, -0.15) is 0 Å². The van der Waals surface area contributed by atoms with Crippen molar-refractivity contribution in [3.63, 3.8) is 0 Å². The molecule has 0 saturated heterocycles. The molecule has 0 aliphatic rings. The number of fused-ring (bicyclic) bond motifs is 2. The van der Waals surface area contributed by atoms with Gasteiger partial charge >= 0.3 is 0 Å². The van der Waals surface area contributed by atoms with Gasteiger partial charge < -0.3 is 19.8 Å². The fourth-order valence-corrected chi connectivity index (χ4v) is 3.20. The number of ether oxygens (including phenoxy) is 1. The molecule has 2 heterocycles. The van der Waals surface area contributed by atoms with Gasteiger partial charge in [0, 0.05) is 22.7 Å². The first-order valence-electron chi connectivity index (χ1n) is 8.05. The predicted octanol–water partition coefficient (Wildman–Crippen LogP) is 3.83. The number of nitrogens with zero attached hydrogens (tertiary/aromatic N) is 1. The summed E-state index contributed by atoms with van der Waals surface area (Å²) in [5.74, 6) is 1.21. The third-order valence-electron chi connectivity index (χ3n) is 4.28. The number of nitrogens with one attached hydrogen (secondary N) is 2. The first-order chi connectivity index (χ1) is 11.7. The highest BCUT2D eigenvalue weighted by atomic mass is 16.5. The van der Waals surface area contributed by atoms with Crippen molar-refractivity contribution in [2.75, 3.05) is 6.61 Å². The van der Waals surface area contributed by atoms with E-state index in [9.17, 15) is 5.11 Å². The number of aromatic nitrogens is 3. The van der Waals surface area contributed by atoms with Gasteiger partial charge in [0.05, 0.1) is 17.6 Å². The molecule has 0 saturated carbocycles. The normalized spacial score (nSPS) is 12.8. The molecule has 0 radical (unpaired) electrons. The molecule has 0 fully saturated rings. The molecule has 122 valence electrons. The van der Waals surface area contributed by atoms with Crippen molar-refractivity contribution in [2.24, 2.45) is 0 Å². The van der Waals surface area contributed by atoms with Gasteiger partial charge in [0.1, 0.15) is 17.7 Å². The standard InChI is InChI=1S/C19H19N3O2/c1-3-24-15-10-11(2)17-12(8-9-20-17)16(15)18(23)19-21-13-6-4-5-7-14(13)22-19/h4-10,18,20,23H,3H2,1-2H3,(H,21,22). The number of para-hydroxylation sites is 2. The molecule has 24 heavy (non-hydrogen) atoms. The average Bonchev–Trinajstić information content (AvgIpc) is 3.22. The molecule has 2 aromatic heterocycles. The Morgan fingerprint density at radius 2 is 2.08 bits per heavy atom. The van der Waals surface area contributed by atoms with Gasteiger partial charge in [-0.3, -0.25) is 0 Å². The lowest BCUT2D eigenvalue weighted by Crippen LogP contribution is -2.07. The van der Waals surface area contributed by atoms with E-state index in [1.54, 1.807) is 0 Å². The summed E-state index contributed by atoms with van der Waals surface area (Å²) in [7, 11) is 0. The predicted molar refractivity (Wildman–Crippen MR) is 94.4 cm³/mol. The molecule has 4 rings (SSSR count). The number of rotatable bonds is 4. The van der Waals surface area contributed by atoms with E-state index >= 15 is 0 Å². The van der Waals surface area contributed by atoms with Crippen molar-refractivity contribution < 1.29 is 9.84 Å². The maximum absolute atomic E-state index is 11.0. The maximum atomic E-state index is 11.0. The first kappa shape index (κ1) is 14.8. The Morgan fingerprint density at radius 1 is 1.25 bits per heavy atom. The van der Waals surface area contributed by atoms with E-state index in [2.05, 4.69) is 15.0 Å². The molecule has 4 aromatic rings. The fourth-order valence-electron chi connectivity index (χ4n) is 3.20. The first-order valence-corrected chi connectivity index (χ1v) is 8.05. The monoisotopic (exact) mass is 321 g/mol. The average molecular weight is 321 g/mol. The molecule has 0 aliphatic carbocycles. The van der Waals surface area contributed by atoms with Crippen LogP contribution in [0.15, 0.2) is 42.6 Å². The summed E-state index contributed by atoms with van der Waals surface area (Å²) in [6.45, 7) is 4.50. The van der Waals surface area contributed by atoms with Crippen LogP contribution in [0.25, 0.3) is 21.9 Å². The topological polar surface area (TPSA) is 73.9 Å². The highest BCUT2D eigenvalue weighted by Gasteiger charge is 2.23. The number of hydrogen-bond acceptors (Lipinski definition) is 3. The minimum atomic E-state index is -0.891. The van der Waals surface area contributed by atoms with Gasteiger partial charge in [-0.15, -0.1) is 0 Å². The second-order valence-electron chi connectivity index (χ2n) is 5.85. The van der Waals surface area contributed by atoms with Gasteiger partial charge in [0.15, 0.2) is 0 Å². The van der Waals surface area contributed by atoms with Crippen LogP contribution >= 0.6 is 0 Å². The summed E-state index contributed by atoms with van der Waals surface area (Å²) in [5, 5.41) is 12.0. The zero-order chi connectivity index (χ0) is 16.7. The molecule has 2 aromatic carbocycles. The molecule has 0 bridgehead atoms. The molecule has 1 atom stereocenters. The van der Waals surface area contributed by atoms with Crippen LogP contribution in [0.3, 0.4) is 0 Å². The van der Waals surface area contributed by atoms with E-state index in [1.165, 1.54) is 0 Å². The second-order valence-corrected chi connectivity index (χ2v) is 5.85. The number of imidazole rings is 1.